The predicted molar refractivity (Wildman–Crippen MR) is 30.3 cm³/mol. The molecule has 1 rings (SSSR count). The maximum absolute atomic E-state index is 2.31. The summed E-state index contributed by atoms with van der Waals surface area (Å²) >= 11 is 0. The van der Waals surface area contributed by atoms with Crippen molar-refractivity contribution >= 4 is 12.4 Å². The van der Waals surface area contributed by atoms with E-state index >= 15 is 0 Å². The van der Waals surface area contributed by atoms with E-state index in [-0.39, 0.29) is 12.4 Å². The lowest BCUT2D eigenvalue weighted by Gasteiger charge is -2.18. The van der Waals surface area contributed by atoms with Crippen LogP contribution in [0.4, 0.5) is 0 Å². The fourth-order valence-electron chi connectivity index (χ4n) is 0.612. The third-order valence-corrected chi connectivity index (χ3v) is 1.39. The summed E-state index contributed by atoms with van der Waals surface area (Å²) in [6, 6.07) is 0. The van der Waals surface area contributed by atoms with Crippen LogP contribution in [-0.4, -0.2) is 0 Å². The van der Waals surface area contributed by atoms with Crippen LogP contribution < -0.4 is 0 Å². The van der Waals surface area contributed by atoms with E-state index in [4.69, 9.17) is 0 Å². The standard InChI is InChI=1S/C5H10.ClH/c1-5-3-2-4-5;/h5H,2-4H2,1H3;1H. The molecule has 0 aliphatic heterocycles. The molecule has 0 aromatic heterocycles. The van der Waals surface area contributed by atoms with E-state index in [2.05, 4.69) is 6.92 Å². The highest BCUT2D eigenvalue weighted by atomic mass is 35.5. The van der Waals surface area contributed by atoms with Crippen molar-refractivity contribution in [2.24, 2.45) is 5.92 Å². The van der Waals surface area contributed by atoms with Crippen LogP contribution >= 0.6 is 12.4 Å². The molecule has 1 aliphatic rings. The Labute approximate surface area is 45.3 Å². The van der Waals surface area contributed by atoms with Gasteiger partial charge in [-0.15, -0.1) is 12.4 Å². The normalized spacial score (nSPS) is 21.5. The number of hydrogen-bond acceptors (Lipinski definition) is 0. The molecule has 0 nitrogen and oxygen atoms in total. The average molecular weight is 107 g/mol. The van der Waals surface area contributed by atoms with Crippen LogP contribution in [0.1, 0.15) is 26.2 Å². The van der Waals surface area contributed by atoms with Crippen LogP contribution in [0.2, 0.25) is 0 Å². The number of hydrogen-bond donors (Lipinski definition) is 0. The molecule has 0 radical (unpaired) electrons. The van der Waals surface area contributed by atoms with Crippen molar-refractivity contribution in [3.8, 4) is 0 Å². The summed E-state index contributed by atoms with van der Waals surface area (Å²) in [6.07, 6.45) is 4.46. The van der Waals surface area contributed by atoms with E-state index in [0.717, 1.165) is 5.92 Å². The zero-order valence-electron chi connectivity index (χ0n) is 4.11. The van der Waals surface area contributed by atoms with Gasteiger partial charge in [-0.2, -0.15) is 0 Å². The van der Waals surface area contributed by atoms with Gasteiger partial charge < -0.3 is 0 Å². The third kappa shape index (κ3) is 1.17. The molecule has 38 valence electrons. The number of halogens is 1. The predicted octanol–water partition coefficient (Wildman–Crippen LogP) is 2.23. The van der Waals surface area contributed by atoms with E-state index in [1.807, 2.05) is 0 Å². The molecule has 1 saturated carbocycles. The average Bonchev–Trinajstić information content (AvgIpc) is 1.30. The van der Waals surface area contributed by atoms with Crippen LogP contribution in [0, 0.1) is 5.92 Å². The Bertz CT molecular complexity index is 30.9. The molecular formula is C5H11Cl. The molecule has 0 saturated heterocycles. The highest BCUT2D eigenvalue weighted by molar-refractivity contribution is 5.85. The van der Waals surface area contributed by atoms with Crippen LogP contribution in [0.15, 0.2) is 0 Å². The summed E-state index contributed by atoms with van der Waals surface area (Å²) in [4.78, 5) is 0. The lowest BCUT2D eigenvalue weighted by Crippen LogP contribution is -2.04. The van der Waals surface area contributed by atoms with Crippen molar-refractivity contribution in [2.75, 3.05) is 0 Å². The van der Waals surface area contributed by atoms with Gasteiger partial charge in [0.15, 0.2) is 0 Å². The Morgan fingerprint density at radius 3 is 1.67 bits per heavy atom. The van der Waals surface area contributed by atoms with Gasteiger partial charge in [0.2, 0.25) is 0 Å². The molecule has 1 heteroatoms. The molecule has 1 fully saturated rings. The molecule has 0 aromatic carbocycles. The van der Waals surface area contributed by atoms with Crippen LogP contribution in [0.3, 0.4) is 0 Å². The lowest BCUT2D eigenvalue weighted by molar-refractivity contribution is 0.346. The van der Waals surface area contributed by atoms with Crippen molar-refractivity contribution in [3.05, 3.63) is 0 Å². The molecule has 1 aliphatic carbocycles. The van der Waals surface area contributed by atoms with Crippen molar-refractivity contribution < 1.29 is 0 Å². The maximum Gasteiger partial charge on any atom is -0.0443 e. The van der Waals surface area contributed by atoms with Crippen molar-refractivity contribution in [3.63, 3.8) is 0 Å². The van der Waals surface area contributed by atoms with Crippen LogP contribution in [0.5, 0.6) is 0 Å². The second kappa shape index (κ2) is 2.46. The molecule has 0 amide bonds. The van der Waals surface area contributed by atoms with Crippen LogP contribution in [-0.2, 0) is 0 Å². The summed E-state index contributed by atoms with van der Waals surface area (Å²) in [6.45, 7) is 2.31. The summed E-state index contributed by atoms with van der Waals surface area (Å²) in [5.74, 6) is 1.06. The first-order valence-electron chi connectivity index (χ1n) is 2.39. The minimum atomic E-state index is 0. The first-order chi connectivity index (χ1) is 2.39. The van der Waals surface area contributed by atoms with Crippen molar-refractivity contribution in [1.29, 1.82) is 0 Å². The molecule has 0 aromatic rings. The van der Waals surface area contributed by atoms with Gasteiger partial charge in [0.1, 0.15) is 0 Å². The summed E-state index contributed by atoms with van der Waals surface area (Å²) in [5.41, 5.74) is 0. The van der Waals surface area contributed by atoms with Gasteiger partial charge in [-0.1, -0.05) is 26.2 Å². The van der Waals surface area contributed by atoms with E-state index in [1.165, 1.54) is 19.3 Å². The van der Waals surface area contributed by atoms with Crippen molar-refractivity contribution in [1.82, 2.24) is 0 Å². The Balaban J connectivity index is 0.000000250. The van der Waals surface area contributed by atoms with E-state index in [0.29, 0.717) is 0 Å². The smallest absolute Gasteiger partial charge is 0.0443 e. The molecule has 6 heavy (non-hydrogen) atoms. The molecular weight excluding hydrogens is 95.5 g/mol. The summed E-state index contributed by atoms with van der Waals surface area (Å²) < 4.78 is 0. The highest BCUT2D eigenvalue weighted by Crippen LogP contribution is 2.24. The van der Waals surface area contributed by atoms with Gasteiger partial charge in [0, 0.05) is 0 Å². The molecule has 0 N–H and O–H groups in total. The van der Waals surface area contributed by atoms with E-state index < -0.39 is 0 Å². The Morgan fingerprint density at radius 1 is 1.33 bits per heavy atom. The van der Waals surface area contributed by atoms with Gasteiger partial charge in [0.05, 0.1) is 0 Å². The maximum atomic E-state index is 2.31. The van der Waals surface area contributed by atoms with Gasteiger partial charge in [-0.3, -0.25) is 0 Å². The van der Waals surface area contributed by atoms with Gasteiger partial charge in [-0.25, -0.2) is 0 Å². The molecule has 0 spiro atoms. The zero-order chi connectivity index (χ0) is 3.70. The Hall–Kier alpha value is 0.290. The Kier molecular flexibility index (Phi) is 2.58. The second-order valence-corrected chi connectivity index (χ2v) is 2.04. The summed E-state index contributed by atoms with van der Waals surface area (Å²) in [7, 11) is 0. The van der Waals surface area contributed by atoms with Gasteiger partial charge in [-0.05, 0) is 5.92 Å². The summed E-state index contributed by atoms with van der Waals surface area (Å²) in [5, 5.41) is 0. The first-order valence-corrected chi connectivity index (χ1v) is 2.39. The third-order valence-electron chi connectivity index (χ3n) is 1.39. The Morgan fingerprint density at radius 2 is 1.67 bits per heavy atom. The van der Waals surface area contributed by atoms with Crippen LogP contribution in [0.25, 0.3) is 0 Å². The quantitative estimate of drug-likeness (QED) is 0.444. The molecule has 0 unspecified atom stereocenters. The topological polar surface area (TPSA) is 0 Å². The highest BCUT2D eigenvalue weighted by Gasteiger charge is 2.09. The molecule has 0 atom stereocenters. The molecule has 0 heterocycles. The van der Waals surface area contributed by atoms with Gasteiger partial charge in [0.25, 0.3) is 0 Å². The largest absolute Gasteiger partial charge is 0.147 e. The first kappa shape index (κ1) is 6.29. The zero-order valence-corrected chi connectivity index (χ0v) is 4.92. The minimum Gasteiger partial charge on any atom is -0.147 e. The lowest BCUT2D eigenvalue weighted by atomic mass is 9.88. The van der Waals surface area contributed by atoms with E-state index in [9.17, 15) is 0 Å². The van der Waals surface area contributed by atoms with E-state index in [1.54, 1.807) is 0 Å². The van der Waals surface area contributed by atoms with Gasteiger partial charge >= 0.3 is 0 Å². The SMILES string of the molecule is CC1CCC1.Cl. The fraction of sp³-hybridized carbons (Fsp3) is 1.00. The molecule has 0 bridgehead atoms. The number of rotatable bonds is 0. The fourth-order valence-corrected chi connectivity index (χ4v) is 0.612. The minimum absolute atomic E-state index is 0. The van der Waals surface area contributed by atoms with Crippen molar-refractivity contribution in [2.45, 2.75) is 26.2 Å². The second-order valence-electron chi connectivity index (χ2n) is 2.04. The monoisotopic (exact) mass is 106 g/mol.